The minimum absolute atomic E-state index is 0.0224. The third-order valence-electron chi connectivity index (χ3n) is 4.30. The Morgan fingerprint density at radius 1 is 1.00 bits per heavy atom. The van der Waals surface area contributed by atoms with Crippen LogP contribution in [0.1, 0.15) is 15.2 Å². The van der Waals surface area contributed by atoms with Gasteiger partial charge in [0.2, 0.25) is 11.0 Å². The maximum atomic E-state index is 12.6. The first kappa shape index (κ1) is 22.0. The highest BCUT2D eigenvalue weighted by Gasteiger charge is 2.13. The summed E-state index contributed by atoms with van der Waals surface area (Å²) in [5.41, 5.74) is 1.44. The van der Waals surface area contributed by atoms with E-state index in [0.29, 0.717) is 21.8 Å². The Labute approximate surface area is 195 Å². The number of hydrogen-bond acceptors (Lipinski definition) is 8. The number of benzene rings is 2. The predicted molar refractivity (Wildman–Crippen MR) is 128 cm³/mol. The van der Waals surface area contributed by atoms with Crippen LogP contribution in [0.2, 0.25) is 0 Å². The van der Waals surface area contributed by atoms with Crippen LogP contribution in [0.3, 0.4) is 0 Å². The highest BCUT2D eigenvalue weighted by molar-refractivity contribution is 7.18. The van der Waals surface area contributed by atoms with Gasteiger partial charge in [0.25, 0.3) is 11.6 Å². The Balaban J connectivity index is 1.40. The average molecular weight is 478 g/mol. The predicted octanol–water partition coefficient (Wildman–Crippen LogP) is 5.08. The maximum Gasteiger partial charge on any atom is 0.269 e. The molecule has 0 spiro atoms. The van der Waals surface area contributed by atoms with E-state index in [9.17, 15) is 19.7 Å². The largest absolute Gasteiger partial charge is 0.322 e. The van der Waals surface area contributed by atoms with Gasteiger partial charge in [-0.15, -0.1) is 21.5 Å². The second-order valence-electron chi connectivity index (χ2n) is 6.59. The molecular weight excluding hydrogens is 462 g/mol. The van der Waals surface area contributed by atoms with Crippen molar-refractivity contribution in [1.82, 2.24) is 10.2 Å². The third kappa shape index (κ3) is 5.73. The number of amides is 2. The van der Waals surface area contributed by atoms with Gasteiger partial charge in [0.1, 0.15) is 5.01 Å². The molecule has 2 N–H and O–H groups in total. The number of rotatable bonds is 7. The zero-order valence-corrected chi connectivity index (χ0v) is 18.4. The third-order valence-corrected chi connectivity index (χ3v) is 6.03. The number of nitrogens with zero attached hydrogens (tertiary/aromatic N) is 3. The second kappa shape index (κ2) is 9.94. The van der Waals surface area contributed by atoms with Crippen molar-refractivity contribution >= 4 is 57.1 Å². The molecule has 33 heavy (non-hydrogen) atoms. The lowest BCUT2D eigenvalue weighted by Crippen LogP contribution is -2.13. The van der Waals surface area contributed by atoms with Crippen molar-refractivity contribution in [2.45, 2.75) is 0 Å². The fraction of sp³-hybridized carbons (Fsp3) is 0. The van der Waals surface area contributed by atoms with Crippen molar-refractivity contribution in [3.8, 4) is 10.6 Å². The van der Waals surface area contributed by atoms with Gasteiger partial charge in [-0.05, 0) is 47.9 Å². The van der Waals surface area contributed by atoms with Gasteiger partial charge in [0.15, 0.2) is 0 Å². The van der Waals surface area contributed by atoms with Gasteiger partial charge in [-0.25, -0.2) is 0 Å². The van der Waals surface area contributed by atoms with E-state index >= 15 is 0 Å². The zero-order valence-electron chi connectivity index (χ0n) is 16.8. The summed E-state index contributed by atoms with van der Waals surface area (Å²) in [6, 6.07) is 16.2. The van der Waals surface area contributed by atoms with Crippen LogP contribution < -0.4 is 10.6 Å². The van der Waals surface area contributed by atoms with E-state index in [1.165, 1.54) is 29.5 Å². The fourth-order valence-corrected chi connectivity index (χ4v) is 4.11. The highest BCUT2D eigenvalue weighted by Crippen LogP contribution is 2.28. The number of nitro benzene ring substituents is 1. The maximum absolute atomic E-state index is 12.6. The van der Waals surface area contributed by atoms with Gasteiger partial charge in [-0.3, -0.25) is 25.0 Å². The van der Waals surface area contributed by atoms with Crippen LogP contribution in [0.15, 0.2) is 72.1 Å². The molecule has 0 aliphatic heterocycles. The fourth-order valence-electron chi connectivity index (χ4n) is 2.75. The quantitative estimate of drug-likeness (QED) is 0.217. The molecule has 0 atom stereocenters. The average Bonchev–Trinajstić information content (AvgIpc) is 3.50. The van der Waals surface area contributed by atoms with E-state index in [1.54, 1.807) is 42.5 Å². The summed E-state index contributed by atoms with van der Waals surface area (Å²) in [6.45, 7) is 0. The van der Waals surface area contributed by atoms with E-state index in [4.69, 9.17) is 0 Å². The summed E-state index contributed by atoms with van der Waals surface area (Å²) in [5.74, 6) is -0.718. The number of nitrogens with one attached hydrogen (secondary N) is 2. The molecule has 0 fully saturated rings. The van der Waals surface area contributed by atoms with Crippen molar-refractivity contribution in [3.05, 3.63) is 92.7 Å². The van der Waals surface area contributed by atoms with E-state index in [-0.39, 0.29) is 16.7 Å². The summed E-state index contributed by atoms with van der Waals surface area (Å²) in [4.78, 5) is 36.0. The van der Waals surface area contributed by atoms with E-state index < -0.39 is 10.8 Å². The SMILES string of the molecule is O=C(/C=C/c1cccs1)Nc1cccc(C(=O)Nc2nnc(-c3ccc([N+](=O)[O-])cc3)s2)c1. The van der Waals surface area contributed by atoms with E-state index in [0.717, 1.165) is 16.2 Å². The van der Waals surface area contributed by atoms with E-state index in [2.05, 4.69) is 20.8 Å². The minimum atomic E-state index is -0.480. The van der Waals surface area contributed by atoms with Gasteiger partial charge in [-0.1, -0.05) is 23.5 Å². The summed E-state index contributed by atoms with van der Waals surface area (Å²) in [6.07, 6.45) is 3.15. The molecule has 0 radical (unpaired) electrons. The van der Waals surface area contributed by atoms with Crippen molar-refractivity contribution in [2.75, 3.05) is 10.6 Å². The normalized spacial score (nSPS) is 10.8. The minimum Gasteiger partial charge on any atom is -0.322 e. The van der Waals surface area contributed by atoms with E-state index in [1.807, 2.05) is 17.5 Å². The molecule has 11 heteroatoms. The number of anilines is 2. The summed E-state index contributed by atoms with van der Waals surface area (Å²) in [7, 11) is 0. The molecule has 0 aliphatic carbocycles. The standard InChI is InChI=1S/C22H15N5O4S2/c28-19(11-10-18-5-2-12-32-18)23-16-4-1-3-15(13-16)20(29)24-22-26-25-21(33-22)14-6-8-17(9-7-14)27(30)31/h1-13H,(H,23,28)(H,24,26,29)/b11-10+. The molecule has 0 saturated heterocycles. The van der Waals surface area contributed by atoms with Crippen molar-refractivity contribution in [1.29, 1.82) is 0 Å². The molecule has 2 heterocycles. The number of carbonyl (C=O) groups is 2. The monoisotopic (exact) mass is 477 g/mol. The summed E-state index contributed by atoms with van der Waals surface area (Å²) >= 11 is 2.67. The van der Waals surface area contributed by atoms with Crippen LogP contribution in [-0.2, 0) is 4.79 Å². The topological polar surface area (TPSA) is 127 Å². The number of carbonyl (C=O) groups excluding carboxylic acids is 2. The van der Waals surface area contributed by atoms with Crippen LogP contribution in [0.25, 0.3) is 16.6 Å². The number of nitro groups is 1. The molecule has 0 bridgehead atoms. The molecule has 4 rings (SSSR count). The Hall–Kier alpha value is -4.22. The molecular formula is C22H15N5O4S2. The molecule has 2 aromatic heterocycles. The Bertz CT molecular complexity index is 1330. The summed E-state index contributed by atoms with van der Waals surface area (Å²) in [5, 5.41) is 26.9. The van der Waals surface area contributed by atoms with Gasteiger partial charge in [0, 0.05) is 39.9 Å². The lowest BCUT2D eigenvalue weighted by Gasteiger charge is -2.05. The molecule has 2 amide bonds. The lowest BCUT2D eigenvalue weighted by atomic mass is 10.2. The molecule has 0 saturated carbocycles. The number of thiophene rings is 1. The number of non-ortho nitro benzene ring substituents is 1. The number of hydrogen-bond donors (Lipinski definition) is 2. The molecule has 164 valence electrons. The molecule has 0 unspecified atom stereocenters. The highest BCUT2D eigenvalue weighted by atomic mass is 32.1. The van der Waals surface area contributed by atoms with Gasteiger partial charge < -0.3 is 5.32 Å². The molecule has 4 aromatic rings. The van der Waals surface area contributed by atoms with Crippen molar-refractivity contribution < 1.29 is 14.5 Å². The Morgan fingerprint density at radius 3 is 2.55 bits per heavy atom. The van der Waals surface area contributed by atoms with Gasteiger partial charge >= 0.3 is 0 Å². The van der Waals surface area contributed by atoms with Crippen LogP contribution in [0, 0.1) is 10.1 Å². The van der Waals surface area contributed by atoms with Crippen LogP contribution in [0.5, 0.6) is 0 Å². The Kier molecular flexibility index (Phi) is 6.62. The molecule has 9 nitrogen and oxygen atoms in total. The van der Waals surface area contributed by atoms with Crippen molar-refractivity contribution in [2.24, 2.45) is 0 Å². The van der Waals surface area contributed by atoms with Crippen LogP contribution >= 0.6 is 22.7 Å². The van der Waals surface area contributed by atoms with Gasteiger partial charge in [0.05, 0.1) is 4.92 Å². The smallest absolute Gasteiger partial charge is 0.269 e. The first-order chi connectivity index (χ1) is 16.0. The zero-order chi connectivity index (χ0) is 23.2. The lowest BCUT2D eigenvalue weighted by molar-refractivity contribution is -0.384. The first-order valence-corrected chi connectivity index (χ1v) is 11.2. The number of aromatic nitrogens is 2. The Morgan fingerprint density at radius 2 is 1.82 bits per heavy atom. The van der Waals surface area contributed by atoms with Crippen molar-refractivity contribution in [3.63, 3.8) is 0 Å². The molecule has 2 aromatic carbocycles. The molecule has 0 aliphatic rings. The van der Waals surface area contributed by atoms with Crippen LogP contribution in [0.4, 0.5) is 16.5 Å². The summed E-state index contributed by atoms with van der Waals surface area (Å²) < 4.78 is 0. The second-order valence-corrected chi connectivity index (χ2v) is 8.55. The van der Waals surface area contributed by atoms with Crippen LogP contribution in [-0.4, -0.2) is 26.9 Å². The van der Waals surface area contributed by atoms with Gasteiger partial charge in [-0.2, -0.15) is 0 Å². The first-order valence-electron chi connectivity index (χ1n) is 9.50.